The zero-order valence-electron chi connectivity index (χ0n) is 11.9. The molecule has 0 aromatic heterocycles. The number of hydrogen-bond acceptors (Lipinski definition) is 2. The molecule has 1 N–H and O–H groups in total. The molecule has 0 heterocycles. The molecule has 21 heavy (non-hydrogen) atoms. The number of rotatable bonds is 3. The van der Waals surface area contributed by atoms with Gasteiger partial charge in [-0.25, -0.2) is 13.1 Å². The van der Waals surface area contributed by atoms with E-state index < -0.39 is 10.0 Å². The molecule has 0 radical (unpaired) electrons. The van der Waals surface area contributed by atoms with Crippen molar-refractivity contribution in [1.82, 2.24) is 4.72 Å². The SMILES string of the molecule is O=S(=O)(NC12CC3CC(CC(C3)C1)C2)c1ccccc1I. The Labute approximate surface area is 140 Å². The first-order chi connectivity index (χ1) is 9.96. The van der Waals surface area contributed by atoms with Crippen LogP contribution in [0.3, 0.4) is 0 Å². The summed E-state index contributed by atoms with van der Waals surface area (Å²) in [5, 5.41) is 0. The van der Waals surface area contributed by atoms with Crippen LogP contribution in [-0.4, -0.2) is 14.0 Å². The Morgan fingerprint density at radius 2 is 1.52 bits per heavy atom. The average Bonchev–Trinajstić information content (AvgIpc) is 2.35. The standard InChI is InChI=1S/C16H20INO2S/c17-14-3-1-2-4-15(14)21(19,20)18-16-8-11-5-12(9-16)7-13(6-11)10-16/h1-4,11-13,18H,5-10H2. The van der Waals surface area contributed by atoms with Crippen LogP contribution < -0.4 is 4.72 Å². The Balaban J connectivity index is 1.65. The van der Waals surface area contributed by atoms with Gasteiger partial charge in [0.25, 0.3) is 0 Å². The Morgan fingerprint density at radius 3 is 2.05 bits per heavy atom. The van der Waals surface area contributed by atoms with Crippen molar-refractivity contribution in [3.8, 4) is 0 Å². The Kier molecular flexibility index (Phi) is 3.39. The van der Waals surface area contributed by atoms with Gasteiger partial charge in [0.2, 0.25) is 10.0 Å². The maximum Gasteiger partial charge on any atom is 0.242 e. The smallest absolute Gasteiger partial charge is 0.207 e. The van der Waals surface area contributed by atoms with Crippen molar-refractivity contribution in [3.05, 3.63) is 27.8 Å². The number of benzene rings is 1. The van der Waals surface area contributed by atoms with Gasteiger partial charge in [0.1, 0.15) is 0 Å². The first-order valence-corrected chi connectivity index (χ1v) is 10.3. The van der Waals surface area contributed by atoms with Gasteiger partial charge in [-0.15, -0.1) is 0 Å². The molecule has 4 saturated carbocycles. The predicted octanol–water partition coefficient (Wildman–Crippen LogP) is 3.54. The van der Waals surface area contributed by atoms with Crippen LogP contribution in [0.5, 0.6) is 0 Å². The fourth-order valence-corrected chi connectivity index (χ4v) is 8.01. The summed E-state index contributed by atoms with van der Waals surface area (Å²) in [5.41, 5.74) is -0.160. The molecule has 4 bridgehead atoms. The monoisotopic (exact) mass is 417 g/mol. The van der Waals surface area contributed by atoms with Gasteiger partial charge in [-0.1, -0.05) is 12.1 Å². The quantitative estimate of drug-likeness (QED) is 0.765. The number of hydrogen-bond donors (Lipinski definition) is 1. The Hall–Kier alpha value is -0.140. The highest BCUT2D eigenvalue weighted by Gasteiger charge is 2.52. The summed E-state index contributed by atoms with van der Waals surface area (Å²) in [6.07, 6.45) is 7.10. The van der Waals surface area contributed by atoms with Crippen molar-refractivity contribution < 1.29 is 8.42 Å². The molecule has 4 fully saturated rings. The molecule has 1 aromatic carbocycles. The van der Waals surface area contributed by atoms with Crippen LogP contribution in [-0.2, 0) is 10.0 Å². The third kappa shape index (κ3) is 2.55. The summed E-state index contributed by atoms with van der Waals surface area (Å²) in [7, 11) is -3.41. The van der Waals surface area contributed by atoms with Crippen LogP contribution in [0.25, 0.3) is 0 Å². The molecule has 5 heteroatoms. The molecule has 0 unspecified atom stereocenters. The van der Waals surface area contributed by atoms with Crippen LogP contribution in [0.15, 0.2) is 29.2 Å². The van der Waals surface area contributed by atoms with E-state index in [2.05, 4.69) is 27.3 Å². The number of halogens is 1. The molecule has 0 saturated heterocycles. The highest BCUT2D eigenvalue weighted by molar-refractivity contribution is 14.1. The summed E-state index contributed by atoms with van der Waals surface area (Å²) in [5.74, 6) is 2.23. The first kappa shape index (κ1) is 14.5. The second-order valence-electron chi connectivity index (χ2n) is 7.23. The minimum atomic E-state index is -3.41. The van der Waals surface area contributed by atoms with E-state index >= 15 is 0 Å². The Morgan fingerprint density at radius 1 is 1.00 bits per heavy atom. The van der Waals surface area contributed by atoms with Crippen molar-refractivity contribution in [2.75, 3.05) is 0 Å². The lowest BCUT2D eigenvalue weighted by Gasteiger charge is -2.56. The molecule has 0 amide bonds. The maximum atomic E-state index is 12.8. The fourth-order valence-electron chi connectivity index (χ4n) is 5.24. The lowest BCUT2D eigenvalue weighted by atomic mass is 9.53. The third-order valence-electron chi connectivity index (χ3n) is 5.52. The highest BCUT2D eigenvalue weighted by atomic mass is 127. The molecule has 5 rings (SSSR count). The van der Waals surface area contributed by atoms with Gasteiger partial charge in [0.15, 0.2) is 0 Å². The lowest BCUT2D eigenvalue weighted by Crippen LogP contribution is -2.59. The van der Waals surface area contributed by atoms with Gasteiger partial charge >= 0.3 is 0 Å². The van der Waals surface area contributed by atoms with Crippen LogP contribution in [0.2, 0.25) is 0 Å². The molecule has 1 aromatic rings. The van der Waals surface area contributed by atoms with Crippen molar-refractivity contribution in [2.45, 2.75) is 49.0 Å². The molecule has 4 aliphatic carbocycles. The summed E-state index contributed by atoms with van der Waals surface area (Å²) in [6.45, 7) is 0. The molecule has 0 aliphatic heterocycles. The van der Waals surface area contributed by atoms with Crippen molar-refractivity contribution in [3.63, 3.8) is 0 Å². The number of sulfonamides is 1. The number of nitrogens with one attached hydrogen (secondary N) is 1. The average molecular weight is 417 g/mol. The zero-order valence-corrected chi connectivity index (χ0v) is 14.9. The summed E-state index contributed by atoms with van der Waals surface area (Å²) >= 11 is 2.11. The highest BCUT2D eigenvalue weighted by Crippen LogP contribution is 2.56. The second kappa shape index (κ2) is 4.93. The minimum absolute atomic E-state index is 0.160. The molecule has 114 valence electrons. The van der Waals surface area contributed by atoms with Crippen LogP contribution in [0.4, 0.5) is 0 Å². The van der Waals surface area contributed by atoms with E-state index in [-0.39, 0.29) is 5.54 Å². The van der Waals surface area contributed by atoms with Crippen molar-refractivity contribution >= 4 is 32.6 Å². The van der Waals surface area contributed by atoms with Gasteiger partial charge in [0, 0.05) is 9.11 Å². The molecule has 0 atom stereocenters. The van der Waals surface area contributed by atoms with Crippen LogP contribution in [0.1, 0.15) is 38.5 Å². The van der Waals surface area contributed by atoms with Crippen molar-refractivity contribution in [1.29, 1.82) is 0 Å². The van der Waals surface area contributed by atoms with E-state index in [0.29, 0.717) is 4.90 Å². The van der Waals surface area contributed by atoms with E-state index in [9.17, 15) is 8.42 Å². The first-order valence-electron chi connectivity index (χ1n) is 7.74. The van der Waals surface area contributed by atoms with Gasteiger partial charge < -0.3 is 0 Å². The lowest BCUT2D eigenvalue weighted by molar-refractivity contribution is -0.00810. The van der Waals surface area contributed by atoms with E-state index in [1.165, 1.54) is 19.3 Å². The topological polar surface area (TPSA) is 46.2 Å². The summed E-state index contributed by atoms with van der Waals surface area (Å²) in [4.78, 5) is 0.432. The van der Waals surface area contributed by atoms with E-state index in [1.54, 1.807) is 12.1 Å². The van der Waals surface area contributed by atoms with E-state index in [0.717, 1.165) is 40.6 Å². The van der Waals surface area contributed by atoms with Gasteiger partial charge in [-0.05, 0) is 91.0 Å². The molecular formula is C16H20INO2S. The second-order valence-corrected chi connectivity index (χ2v) is 10.0. The summed E-state index contributed by atoms with van der Waals surface area (Å²) in [6, 6.07) is 7.25. The third-order valence-corrected chi connectivity index (χ3v) is 8.46. The van der Waals surface area contributed by atoms with Gasteiger partial charge in [0.05, 0.1) is 4.90 Å². The van der Waals surface area contributed by atoms with Gasteiger partial charge in [-0.2, -0.15) is 0 Å². The molecular weight excluding hydrogens is 397 g/mol. The van der Waals surface area contributed by atoms with E-state index in [1.807, 2.05) is 12.1 Å². The van der Waals surface area contributed by atoms with Crippen LogP contribution in [0, 0.1) is 21.3 Å². The summed E-state index contributed by atoms with van der Waals surface area (Å²) < 4.78 is 29.6. The molecule has 0 spiro atoms. The fraction of sp³-hybridized carbons (Fsp3) is 0.625. The molecule has 3 nitrogen and oxygen atoms in total. The maximum absolute atomic E-state index is 12.8. The molecule has 4 aliphatic rings. The predicted molar refractivity (Wildman–Crippen MR) is 90.4 cm³/mol. The van der Waals surface area contributed by atoms with Crippen LogP contribution >= 0.6 is 22.6 Å². The normalized spacial score (nSPS) is 37.9. The zero-order chi connectivity index (χ0) is 14.7. The van der Waals surface area contributed by atoms with Crippen molar-refractivity contribution in [2.24, 2.45) is 17.8 Å². The Bertz CT molecular complexity index is 635. The minimum Gasteiger partial charge on any atom is -0.207 e. The van der Waals surface area contributed by atoms with Gasteiger partial charge in [-0.3, -0.25) is 0 Å². The largest absolute Gasteiger partial charge is 0.242 e. The van der Waals surface area contributed by atoms with E-state index in [4.69, 9.17) is 0 Å².